The van der Waals surface area contributed by atoms with Crippen molar-refractivity contribution in [2.24, 2.45) is 5.41 Å². The predicted molar refractivity (Wildman–Crippen MR) is 77.9 cm³/mol. The van der Waals surface area contributed by atoms with Crippen LogP contribution in [0.2, 0.25) is 0 Å². The van der Waals surface area contributed by atoms with Crippen LogP contribution in [0.1, 0.15) is 25.8 Å². The average molecular weight is 316 g/mol. The van der Waals surface area contributed by atoms with Crippen molar-refractivity contribution in [1.82, 2.24) is 5.32 Å². The van der Waals surface area contributed by atoms with Gasteiger partial charge >= 0.3 is 0 Å². The van der Waals surface area contributed by atoms with Gasteiger partial charge in [0.2, 0.25) is 0 Å². The van der Waals surface area contributed by atoms with Gasteiger partial charge in [-0.2, -0.15) is 0 Å². The van der Waals surface area contributed by atoms with Crippen molar-refractivity contribution in [3.8, 4) is 5.75 Å². The summed E-state index contributed by atoms with van der Waals surface area (Å²) in [6.45, 7) is 6.19. The summed E-state index contributed by atoms with van der Waals surface area (Å²) in [7, 11) is 1.67. The van der Waals surface area contributed by atoms with Gasteiger partial charge in [-0.25, -0.2) is 0 Å². The number of methoxy groups -OCH3 is 1. The second-order valence-corrected chi connectivity index (χ2v) is 6.05. The largest absolute Gasteiger partial charge is 0.497 e. The van der Waals surface area contributed by atoms with Crippen LogP contribution in [0.3, 0.4) is 0 Å². The topological polar surface area (TPSA) is 41.5 Å². The van der Waals surface area contributed by atoms with Crippen molar-refractivity contribution in [2.75, 3.05) is 20.3 Å². The molecule has 0 amide bonds. The van der Waals surface area contributed by atoms with E-state index in [1.807, 2.05) is 18.2 Å². The van der Waals surface area contributed by atoms with Gasteiger partial charge in [-0.15, -0.1) is 0 Å². The molecule has 0 fully saturated rings. The van der Waals surface area contributed by atoms with E-state index in [4.69, 9.17) is 9.84 Å². The lowest BCUT2D eigenvalue weighted by Gasteiger charge is -2.24. The molecule has 0 aliphatic rings. The molecular weight excluding hydrogens is 294 g/mol. The average Bonchev–Trinajstić information content (AvgIpc) is 2.31. The molecule has 0 aliphatic heterocycles. The third-order valence-corrected chi connectivity index (χ3v) is 3.73. The predicted octanol–water partition coefficient (Wildman–Crippen LogP) is 2.96. The minimum absolute atomic E-state index is 0.111. The molecular formula is C14H22BrNO2. The molecule has 0 aromatic heterocycles. The molecule has 0 radical (unpaired) electrons. The van der Waals surface area contributed by atoms with Crippen molar-refractivity contribution in [3.63, 3.8) is 0 Å². The summed E-state index contributed by atoms with van der Waals surface area (Å²) in [6.07, 6.45) is 0.805. The highest BCUT2D eigenvalue weighted by molar-refractivity contribution is 9.10. The standard InChI is InChI=1S/C14H22BrNO2/c1-14(2,6-7-17)10-16-9-11-8-12(18-3)4-5-13(11)15/h4-5,8,16-17H,6-7,9-10H2,1-3H3. The second kappa shape index (κ2) is 7.12. The number of hydrogen-bond acceptors (Lipinski definition) is 3. The Morgan fingerprint density at radius 2 is 2.11 bits per heavy atom. The zero-order chi connectivity index (χ0) is 13.6. The molecule has 0 atom stereocenters. The summed E-state index contributed by atoms with van der Waals surface area (Å²) in [5.41, 5.74) is 1.29. The molecule has 0 aliphatic carbocycles. The number of aliphatic hydroxyl groups excluding tert-OH is 1. The minimum atomic E-state index is 0.111. The molecule has 0 saturated carbocycles. The third kappa shape index (κ3) is 4.96. The molecule has 0 spiro atoms. The van der Waals surface area contributed by atoms with Gasteiger partial charge in [-0.1, -0.05) is 29.8 Å². The zero-order valence-electron chi connectivity index (χ0n) is 11.3. The Labute approximate surface area is 118 Å². The lowest BCUT2D eigenvalue weighted by Crippen LogP contribution is -2.30. The number of nitrogens with one attached hydrogen (secondary N) is 1. The molecule has 2 N–H and O–H groups in total. The quantitative estimate of drug-likeness (QED) is 0.813. The fourth-order valence-electron chi connectivity index (χ4n) is 1.74. The van der Waals surface area contributed by atoms with Crippen LogP contribution in [0.4, 0.5) is 0 Å². The molecule has 0 unspecified atom stereocenters. The Bertz CT molecular complexity index is 380. The van der Waals surface area contributed by atoms with Gasteiger partial charge in [0, 0.05) is 24.2 Å². The molecule has 4 heteroatoms. The van der Waals surface area contributed by atoms with Crippen molar-refractivity contribution >= 4 is 15.9 Å². The maximum atomic E-state index is 8.98. The van der Waals surface area contributed by atoms with Gasteiger partial charge < -0.3 is 15.2 Å². The van der Waals surface area contributed by atoms with Crippen LogP contribution in [-0.4, -0.2) is 25.4 Å². The lowest BCUT2D eigenvalue weighted by molar-refractivity contribution is 0.207. The summed E-state index contributed by atoms with van der Waals surface area (Å²) in [5, 5.41) is 12.4. The van der Waals surface area contributed by atoms with E-state index in [9.17, 15) is 0 Å². The highest BCUT2D eigenvalue weighted by atomic mass is 79.9. The first-order valence-corrected chi connectivity index (χ1v) is 6.92. The van der Waals surface area contributed by atoms with E-state index in [0.29, 0.717) is 0 Å². The molecule has 102 valence electrons. The Hall–Kier alpha value is -0.580. The number of rotatable bonds is 7. The van der Waals surface area contributed by atoms with Gasteiger partial charge in [0.15, 0.2) is 0 Å². The number of benzene rings is 1. The number of halogens is 1. The maximum absolute atomic E-state index is 8.98. The first-order valence-electron chi connectivity index (χ1n) is 6.12. The summed E-state index contributed by atoms with van der Waals surface area (Å²) in [5.74, 6) is 0.865. The highest BCUT2D eigenvalue weighted by Crippen LogP contribution is 2.23. The van der Waals surface area contributed by atoms with Gasteiger partial charge in [0.25, 0.3) is 0 Å². The number of ether oxygens (including phenoxy) is 1. The molecule has 3 nitrogen and oxygen atoms in total. The molecule has 18 heavy (non-hydrogen) atoms. The van der Waals surface area contributed by atoms with Gasteiger partial charge in [-0.3, -0.25) is 0 Å². The third-order valence-electron chi connectivity index (χ3n) is 2.96. The smallest absolute Gasteiger partial charge is 0.119 e. The normalized spacial score (nSPS) is 11.6. The van der Waals surface area contributed by atoms with Crippen LogP contribution in [0.15, 0.2) is 22.7 Å². The monoisotopic (exact) mass is 315 g/mol. The SMILES string of the molecule is COc1ccc(Br)c(CNCC(C)(C)CCO)c1. The Balaban J connectivity index is 2.53. The summed E-state index contributed by atoms with van der Waals surface area (Å²) < 4.78 is 6.29. The molecule has 1 aromatic rings. The molecule has 0 saturated heterocycles. The van der Waals surface area contributed by atoms with Crippen LogP contribution in [0.5, 0.6) is 5.75 Å². The van der Waals surface area contributed by atoms with Crippen molar-refractivity contribution in [3.05, 3.63) is 28.2 Å². The molecule has 1 rings (SSSR count). The number of aliphatic hydroxyl groups is 1. The number of hydrogen-bond donors (Lipinski definition) is 2. The summed E-state index contributed by atoms with van der Waals surface area (Å²) in [4.78, 5) is 0. The Kier molecular flexibility index (Phi) is 6.12. The maximum Gasteiger partial charge on any atom is 0.119 e. The Morgan fingerprint density at radius 3 is 2.72 bits per heavy atom. The van der Waals surface area contributed by atoms with Gasteiger partial charge in [-0.05, 0) is 35.6 Å². The van der Waals surface area contributed by atoms with Gasteiger partial charge in [0.1, 0.15) is 5.75 Å². The first-order chi connectivity index (χ1) is 8.48. The minimum Gasteiger partial charge on any atom is -0.497 e. The first kappa shape index (κ1) is 15.5. The van der Waals surface area contributed by atoms with E-state index in [1.165, 1.54) is 5.56 Å². The van der Waals surface area contributed by atoms with Gasteiger partial charge in [0.05, 0.1) is 7.11 Å². The van der Waals surface area contributed by atoms with E-state index < -0.39 is 0 Å². The van der Waals surface area contributed by atoms with Crippen LogP contribution in [0.25, 0.3) is 0 Å². The van der Waals surface area contributed by atoms with Crippen LogP contribution in [0, 0.1) is 5.41 Å². The van der Waals surface area contributed by atoms with Crippen molar-refractivity contribution < 1.29 is 9.84 Å². The molecule has 0 heterocycles. The van der Waals surface area contributed by atoms with E-state index in [2.05, 4.69) is 35.1 Å². The van der Waals surface area contributed by atoms with E-state index in [0.717, 1.165) is 29.7 Å². The van der Waals surface area contributed by atoms with Crippen LogP contribution < -0.4 is 10.1 Å². The fourth-order valence-corrected chi connectivity index (χ4v) is 2.13. The van der Waals surface area contributed by atoms with Crippen molar-refractivity contribution in [1.29, 1.82) is 0 Å². The second-order valence-electron chi connectivity index (χ2n) is 5.20. The van der Waals surface area contributed by atoms with E-state index in [1.54, 1.807) is 7.11 Å². The summed E-state index contributed by atoms with van der Waals surface area (Å²) in [6, 6.07) is 5.95. The van der Waals surface area contributed by atoms with Crippen LogP contribution >= 0.6 is 15.9 Å². The molecule has 1 aromatic carbocycles. The molecule has 0 bridgehead atoms. The van der Waals surface area contributed by atoms with Crippen LogP contribution in [-0.2, 0) is 6.54 Å². The van der Waals surface area contributed by atoms with E-state index in [-0.39, 0.29) is 12.0 Å². The highest BCUT2D eigenvalue weighted by Gasteiger charge is 2.16. The zero-order valence-corrected chi connectivity index (χ0v) is 12.9. The lowest BCUT2D eigenvalue weighted by atomic mass is 9.90. The fraction of sp³-hybridized carbons (Fsp3) is 0.571. The van der Waals surface area contributed by atoms with Crippen molar-refractivity contribution in [2.45, 2.75) is 26.8 Å². The Morgan fingerprint density at radius 1 is 1.39 bits per heavy atom. The summed E-state index contributed by atoms with van der Waals surface area (Å²) >= 11 is 3.54. The van der Waals surface area contributed by atoms with E-state index >= 15 is 0 Å².